The van der Waals surface area contributed by atoms with E-state index in [-0.39, 0.29) is 18.5 Å². The maximum Gasteiger partial charge on any atom is 0.309 e. The van der Waals surface area contributed by atoms with Crippen LogP contribution >= 0.6 is 11.6 Å². The van der Waals surface area contributed by atoms with Gasteiger partial charge < -0.3 is 4.74 Å². The van der Waals surface area contributed by atoms with Gasteiger partial charge >= 0.3 is 5.97 Å². The molecule has 0 unspecified atom stereocenters. The van der Waals surface area contributed by atoms with Crippen LogP contribution in [0.15, 0.2) is 11.6 Å². The minimum atomic E-state index is -0.143. The molecule has 0 radical (unpaired) electrons. The molecule has 0 aliphatic carbocycles. The molecule has 3 heteroatoms. The van der Waals surface area contributed by atoms with E-state index >= 15 is 0 Å². The lowest BCUT2D eigenvalue weighted by atomic mass is 9.99. The number of ether oxygens (including phenoxy) is 1. The third-order valence-electron chi connectivity index (χ3n) is 1.98. The Balaban J connectivity index is 3.94. The summed E-state index contributed by atoms with van der Waals surface area (Å²) in [5.74, 6) is -0.114. The molecule has 0 aromatic heterocycles. The van der Waals surface area contributed by atoms with Gasteiger partial charge in [-0.25, -0.2) is 0 Å². The molecule has 0 aliphatic heterocycles. The van der Waals surface area contributed by atoms with Gasteiger partial charge in [0.1, 0.15) is 6.61 Å². The fourth-order valence-electron chi connectivity index (χ4n) is 1.34. The Hall–Kier alpha value is -0.500. The van der Waals surface area contributed by atoms with Gasteiger partial charge in [-0.15, -0.1) is 0 Å². The maximum atomic E-state index is 11.5. The van der Waals surface area contributed by atoms with E-state index in [2.05, 4.69) is 20.4 Å². The summed E-state index contributed by atoms with van der Waals surface area (Å²) < 4.78 is 5.00. The first-order valence-corrected chi connectivity index (χ1v) is 5.49. The molecule has 0 atom stereocenters. The Morgan fingerprint density at radius 2 is 1.86 bits per heavy atom. The Bertz CT molecular complexity index is 184. The molecule has 0 N–H and O–H groups in total. The lowest BCUT2D eigenvalue weighted by Crippen LogP contribution is -2.18. The van der Waals surface area contributed by atoms with E-state index in [0.717, 1.165) is 25.7 Å². The van der Waals surface area contributed by atoms with Crippen LogP contribution in [-0.2, 0) is 9.53 Å². The molecule has 0 amide bonds. The second-order valence-electron chi connectivity index (χ2n) is 3.40. The minimum Gasteiger partial charge on any atom is -0.460 e. The van der Waals surface area contributed by atoms with Crippen LogP contribution in [0, 0.1) is 5.92 Å². The number of rotatable bonds is 7. The summed E-state index contributed by atoms with van der Waals surface area (Å²) in [6.45, 7) is 7.73. The van der Waals surface area contributed by atoms with Crippen molar-refractivity contribution in [2.45, 2.75) is 39.5 Å². The molecule has 0 aromatic carbocycles. The molecular formula is C11H19ClO2. The summed E-state index contributed by atoms with van der Waals surface area (Å²) in [6, 6.07) is 0. The monoisotopic (exact) mass is 218 g/mol. The van der Waals surface area contributed by atoms with E-state index in [4.69, 9.17) is 16.3 Å². The van der Waals surface area contributed by atoms with E-state index in [1.807, 2.05) is 0 Å². The SMILES string of the molecule is C=C(Cl)COC(=O)C(CCC)CCC. The maximum absolute atomic E-state index is 11.5. The third-order valence-corrected chi connectivity index (χ3v) is 2.09. The molecule has 0 bridgehead atoms. The van der Waals surface area contributed by atoms with Crippen molar-refractivity contribution in [2.75, 3.05) is 6.61 Å². The van der Waals surface area contributed by atoms with Crippen LogP contribution in [0.5, 0.6) is 0 Å². The van der Waals surface area contributed by atoms with Gasteiger partial charge in [-0.05, 0) is 12.8 Å². The Morgan fingerprint density at radius 1 is 1.36 bits per heavy atom. The number of hydrogen-bond acceptors (Lipinski definition) is 2. The summed E-state index contributed by atoms with van der Waals surface area (Å²) in [7, 11) is 0. The van der Waals surface area contributed by atoms with Crippen LogP contribution in [0.25, 0.3) is 0 Å². The normalized spacial score (nSPS) is 10.3. The lowest BCUT2D eigenvalue weighted by molar-refractivity contribution is -0.147. The van der Waals surface area contributed by atoms with Crippen molar-refractivity contribution >= 4 is 17.6 Å². The highest BCUT2D eigenvalue weighted by atomic mass is 35.5. The van der Waals surface area contributed by atoms with Crippen LogP contribution in [0.4, 0.5) is 0 Å². The van der Waals surface area contributed by atoms with Crippen LogP contribution in [0.3, 0.4) is 0 Å². The molecule has 0 rings (SSSR count). The average Bonchev–Trinajstić information content (AvgIpc) is 2.14. The number of carbonyl (C=O) groups excluding carboxylic acids is 1. The largest absolute Gasteiger partial charge is 0.460 e. The fraction of sp³-hybridized carbons (Fsp3) is 0.727. The predicted octanol–water partition coefficient (Wildman–Crippen LogP) is 3.50. The van der Waals surface area contributed by atoms with E-state index < -0.39 is 0 Å². The zero-order valence-electron chi connectivity index (χ0n) is 9.01. The summed E-state index contributed by atoms with van der Waals surface area (Å²) >= 11 is 5.51. The summed E-state index contributed by atoms with van der Waals surface area (Å²) in [5, 5.41) is 0.366. The zero-order valence-corrected chi connectivity index (χ0v) is 9.77. The van der Waals surface area contributed by atoms with E-state index in [1.54, 1.807) is 0 Å². The number of hydrogen-bond donors (Lipinski definition) is 0. The zero-order chi connectivity index (χ0) is 11.0. The van der Waals surface area contributed by atoms with Crippen molar-refractivity contribution in [3.8, 4) is 0 Å². The van der Waals surface area contributed by atoms with Gasteiger partial charge in [0.15, 0.2) is 0 Å². The molecule has 14 heavy (non-hydrogen) atoms. The van der Waals surface area contributed by atoms with Gasteiger partial charge in [0.05, 0.1) is 5.92 Å². The standard InChI is InChI=1S/C11H19ClO2/c1-4-6-10(7-5-2)11(13)14-8-9(3)12/h10H,3-8H2,1-2H3. The first-order valence-electron chi connectivity index (χ1n) is 5.11. The molecule has 0 aromatic rings. The van der Waals surface area contributed by atoms with E-state index in [1.165, 1.54) is 0 Å². The van der Waals surface area contributed by atoms with Gasteiger partial charge in [-0.1, -0.05) is 44.9 Å². The van der Waals surface area contributed by atoms with Crippen molar-refractivity contribution < 1.29 is 9.53 Å². The number of carbonyl (C=O) groups is 1. The van der Waals surface area contributed by atoms with Gasteiger partial charge in [0.25, 0.3) is 0 Å². The molecular weight excluding hydrogens is 200 g/mol. The molecule has 0 aliphatic rings. The summed E-state index contributed by atoms with van der Waals surface area (Å²) in [5.41, 5.74) is 0. The van der Waals surface area contributed by atoms with Crippen LogP contribution in [0.1, 0.15) is 39.5 Å². The number of halogens is 1. The second-order valence-corrected chi connectivity index (χ2v) is 3.93. The van der Waals surface area contributed by atoms with Gasteiger partial charge in [0, 0.05) is 5.03 Å². The van der Waals surface area contributed by atoms with Crippen molar-refractivity contribution in [3.63, 3.8) is 0 Å². The van der Waals surface area contributed by atoms with Crippen molar-refractivity contribution in [1.82, 2.24) is 0 Å². The Morgan fingerprint density at radius 3 is 2.21 bits per heavy atom. The van der Waals surface area contributed by atoms with Gasteiger partial charge in [-0.2, -0.15) is 0 Å². The Labute approximate surface area is 91.3 Å². The highest BCUT2D eigenvalue weighted by Crippen LogP contribution is 2.15. The molecule has 0 saturated heterocycles. The lowest BCUT2D eigenvalue weighted by Gasteiger charge is -2.13. The molecule has 0 saturated carbocycles. The van der Waals surface area contributed by atoms with Crippen LogP contribution in [-0.4, -0.2) is 12.6 Å². The van der Waals surface area contributed by atoms with Gasteiger partial charge in [0.2, 0.25) is 0 Å². The van der Waals surface area contributed by atoms with E-state index in [0.29, 0.717) is 5.03 Å². The molecule has 2 nitrogen and oxygen atoms in total. The molecule has 82 valence electrons. The summed E-state index contributed by atoms with van der Waals surface area (Å²) in [4.78, 5) is 11.5. The highest BCUT2D eigenvalue weighted by Gasteiger charge is 2.17. The smallest absolute Gasteiger partial charge is 0.309 e. The van der Waals surface area contributed by atoms with E-state index in [9.17, 15) is 4.79 Å². The minimum absolute atomic E-state index is 0.0287. The topological polar surface area (TPSA) is 26.3 Å². The molecule has 0 spiro atoms. The van der Waals surface area contributed by atoms with Crippen molar-refractivity contribution in [1.29, 1.82) is 0 Å². The molecule has 0 heterocycles. The molecule has 0 fully saturated rings. The van der Waals surface area contributed by atoms with Crippen LogP contribution < -0.4 is 0 Å². The highest BCUT2D eigenvalue weighted by molar-refractivity contribution is 6.29. The quantitative estimate of drug-likeness (QED) is 0.612. The average molecular weight is 219 g/mol. The Kier molecular flexibility index (Phi) is 7.58. The predicted molar refractivity (Wildman–Crippen MR) is 59.3 cm³/mol. The van der Waals surface area contributed by atoms with Gasteiger partial charge in [-0.3, -0.25) is 4.79 Å². The van der Waals surface area contributed by atoms with Crippen LogP contribution in [0.2, 0.25) is 0 Å². The van der Waals surface area contributed by atoms with Crippen molar-refractivity contribution in [3.05, 3.63) is 11.6 Å². The van der Waals surface area contributed by atoms with Crippen molar-refractivity contribution in [2.24, 2.45) is 5.92 Å². The fourth-order valence-corrected chi connectivity index (χ4v) is 1.40. The third kappa shape index (κ3) is 6.03. The second kappa shape index (κ2) is 7.86. The first kappa shape index (κ1) is 13.5. The first-order chi connectivity index (χ1) is 6.61. The number of esters is 1. The summed E-state index contributed by atoms with van der Waals surface area (Å²) in [6.07, 6.45) is 3.78.